The summed E-state index contributed by atoms with van der Waals surface area (Å²) in [7, 11) is 0. The number of pyridine rings is 2. The molecule has 3 rings (SSSR count). The molecular weight excluding hydrogens is 260 g/mol. The Kier molecular flexibility index (Phi) is 2.17. The maximum atomic E-state index is 8.16. The molecule has 104 valence electrons. The van der Waals surface area contributed by atoms with Crippen LogP contribution in [0.2, 0.25) is 0 Å². The maximum Gasteiger partial charge on any atom is 0.152 e. The minimum atomic E-state index is -2.68. The van der Waals surface area contributed by atoms with Gasteiger partial charge in [0.2, 0.25) is 0 Å². The highest BCUT2D eigenvalue weighted by atomic mass is 16.3. The maximum absolute atomic E-state index is 8.16. The summed E-state index contributed by atoms with van der Waals surface area (Å²) in [5, 5.41) is 0.823. The van der Waals surface area contributed by atoms with Gasteiger partial charge in [-0.25, -0.2) is 0 Å². The highest BCUT2D eigenvalue weighted by molar-refractivity contribution is 5.75. The predicted molar refractivity (Wildman–Crippen MR) is 84.3 cm³/mol. The van der Waals surface area contributed by atoms with E-state index in [9.17, 15) is 0 Å². The molecule has 3 aromatic heterocycles. The lowest BCUT2D eigenvalue weighted by molar-refractivity contribution is 0.606. The molecule has 3 heterocycles. The lowest BCUT2D eigenvalue weighted by Gasteiger charge is -1.98. The SMILES string of the molecule is [2H]c1nc(-c2ccccc3cc(C)ncc3oc2)c([2H])c([2H])c1C([2H])([2H])[2H]. The molecule has 3 heteroatoms. The number of hydrogen-bond acceptors (Lipinski definition) is 3. The number of nitrogens with zero attached hydrogens (tertiary/aromatic N) is 2. The van der Waals surface area contributed by atoms with Crippen LogP contribution in [0.5, 0.6) is 0 Å². The summed E-state index contributed by atoms with van der Waals surface area (Å²) < 4.78 is 52.1. The molecule has 0 saturated carbocycles. The van der Waals surface area contributed by atoms with E-state index < -0.39 is 24.6 Å². The molecule has 0 radical (unpaired) electrons. The molecule has 0 aliphatic rings. The van der Waals surface area contributed by atoms with Crippen LogP contribution in [-0.2, 0) is 0 Å². The van der Waals surface area contributed by atoms with Gasteiger partial charge in [0.25, 0.3) is 0 Å². The molecule has 3 nitrogen and oxygen atoms in total. The molecule has 0 fully saturated rings. The van der Waals surface area contributed by atoms with E-state index in [1.807, 2.05) is 19.1 Å². The van der Waals surface area contributed by atoms with Crippen LogP contribution in [0.25, 0.3) is 22.2 Å². The Morgan fingerprint density at radius 3 is 3.00 bits per heavy atom. The smallest absolute Gasteiger partial charge is 0.152 e. The van der Waals surface area contributed by atoms with E-state index >= 15 is 0 Å². The van der Waals surface area contributed by atoms with Crippen LogP contribution in [-0.4, -0.2) is 9.97 Å². The van der Waals surface area contributed by atoms with Crippen LogP contribution in [0.3, 0.4) is 0 Å². The summed E-state index contributed by atoms with van der Waals surface area (Å²) in [6, 6.07) is 7.92. The highest BCUT2D eigenvalue weighted by Gasteiger charge is 1.98. The van der Waals surface area contributed by atoms with Crippen molar-refractivity contribution in [3.63, 3.8) is 0 Å². The van der Waals surface area contributed by atoms with Crippen molar-refractivity contribution in [2.24, 2.45) is 0 Å². The monoisotopic (exact) mass is 282 g/mol. The first-order valence-corrected chi connectivity index (χ1v) is 6.35. The summed E-state index contributed by atoms with van der Waals surface area (Å²) in [4.78, 5) is 8.15. The van der Waals surface area contributed by atoms with Crippen LogP contribution < -0.4 is 0 Å². The number of aryl methyl sites for hydroxylation is 1. The summed E-state index contributed by atoms with van der Waals surface area (Å²) in [6.45, 7) is -0.813. The first kappa shape index (κ1) is 7.93. The van der Waals surface area contributed by atoms with Crippen molar-refractivity contribution in [3.8, 4) is 11.3 Å². The summed E-state index contributed by atoms with van der Waals surface area (Å²) in [5.74, 6) is 0. The fourth-order valence-corrected chi connectivity index (χ4v) is 1.84. The van der Waals surface area contributed by atoms with Gasteiger partial charge in [-0.15, -0.1) is 0 Å². The second-order valence-electron chi connectivity index (χ2n) is 4.47. The Balaban J connectivity index is 2.26. The number of aromatic nitrogens is 2. The molecule has 0 aromatic carbocycles. The average molecular weight is 282 g/mol. The Hall–Kier alpha value is -2.68. The molecule has 0 aliphatic heterocycles. The van der Waals surface area contributed by atoms with Crippen molar-refractivity contribution in [2.45, 2.75) is 13.8 Å². The van der Waals surface area contributed by atoms with E-state index in [0.29, 0.717) is 11.1 Å². The van der Waals surface area contributed by atoms with E-state index in [0.717, 1.165) is 11.1 Å². The standard InChI is InChI=1S/C18H16N2O/c1-13-7-8-17(20-10-13)16-6-4-3-5-15-9-14(2)19-11-18(15)21-12-16/h3-12H,1-2H3/i1D3,7D,8D,10D. The quantitative estimate of drug-likeness (QED) is 0.653. The molecular formula is C18H16N2O. The van der Waals surface area contributed by atoms with Crippen molar-refractivity contribution >= 4 is 11.0 Å². The van der Waals surface area contributed by atoms with E-state index in [1.54, 1.807) is 24.4 Å². The topological polar surface area (TPSA) is 38.9 Å². The van der Waals surface area contributed by atoms with Gasteiger partial charge in [-0.05, 0) is 37.5 Å². The first-order chi connectivity index (χ1) is 12.7. The largest absolute Gasteiger partial charge is 0.462 e. The van der Waals surface area contributed by atoms with Gasteiger partial charge in [0, 0.05) is 26.9 Å². The third-order valence-electron chi connectivity index (χ3n) is 2.87. The Bertz CT molecular complexity index is 1070. The molecule has 0 bridgehead atoms. The molecule has 0 unspecified atom stereocenters. The molecule has 0 aliphatic carbocycles. The highest BCUT2D eigenvalue weighted by Crippen LogP contribution is 2.17. The number of rotatable bonds is 1. The van der Waals surface area contributed by atoms with Crippen LogP contribution in [0.15, 0.2) is 65.5 Å². The Morgan fingerprint density at radius 2 is 2.10 bits per heavy atom. The van der Waals surface area contributed by atoms with Crippen molar-refractivity contribution < 1.29 is 12.6 Å². The van der Waals surface area contributed by atoms with Crippen molar-refractivity contribution in [1.82, 2.24) is 9.97 Å². The van der Waals surface area contributed by atoms with Gasteiger partial charge in [0.1, 0.15) is 6.26 Å². The van der Waals surface area contributed by atoms with Gasteiger partial charge in [0.05, 0.1) is 16.0 Å². The summed E-state index contributed by atoms with van der Waals surface area (Å²) in [5.41, 5.74) is 1.15. The van der Waals surface area contributed by atoms with E-state index in [2.05, 4.69) is 9.97 Å². The lowest BCUT2D eigenvalue weighted by Crippen LogP contribution is -1.82. The second-order valence-corrected chi connectivity index (χ2v) is 4.47. The average Bonchev–Trinajstić information content (AvgIpc) is 2.67. The molecule has 0 N–H and O–H groups in total. The van der Waals surface area contributed by atoms with Crippen molar-refractivity contribution in [1.29, 1.82) is 0 Å². The van der Waals surface area contributed by atoms with Crippen LogP contribution in [0.4, 0.5) is 0 Å². The molecule has 21 heavy (non-hydrogen) atoms. The predicted octanol–water partition coefficient (Wildman–Crippen LogP) is 4.63. The van der Waals surface area contributed by atoms with E-state index in [4.69, 9.17) is 12.6 Å². The third-order valence-corrected chi connectivity index (χ3v) is 2.87. The fraction of sp³-hybridized carbons (Fsp3) is 0.111. The third kappa shape index (κ3) is 3.08. The van der Waals surface area contributed by atoms with Gasteiger partial charge in [-0.2, -0.15) is 0 Å². The first-order valence-electron chi connectivity index (χ1n) is 9.35. The molecule has 3 aromatic rings. The molecule has 0 amide bonds. The number of hydrogen-bond donors (Lipinski definition) is 0. The van der Waals surface area contributed by atoms with Crippen LogP contribution in [0, 0.1) is 13.8 Å². The van der Waals surface area contributed by atoms with Gasteiger partial charge in [-0.3, -0.25) is 9.97 Å². The van der Waals surface area contributed by atoms with Gasteiger partial charge in [-0.1, -0.05) is 24.2 Å². The summed E-state index contributed by atoms with van der Waals surface area (Å²) >= 11 is 0. The molecule has 0 spiro atoms. The van der Waals surface area contributed by atoms with Crippen LogP contribution >= 0.6 is 0 Å². The van der Waals surface area contributed by atoms with Gasteiger partial charge >= 0.3 is 0 Å². The Morgan fingerprint density at radius 1 is 1.19 bits per heavy atom. The van der Waals surface area contributed by atoms with E-state index in [-0.39, 0.29) is 11.7 Å². The molecule has 0 atom stereocenters. The van der Waals surface area contributed by atoms with Gasteiger partial charge < -0.3 is 4.42 Å². The zero-order valence-electron chi connectivity index (χ0n) is 17.3. The molecule has 0 saturated heterocycles. The van der Waals surface area contributed by atoms with E-state index in [1.165, 1.54) is 6.26 Å². The van der Waals surface area contributed by atoms with Crippen LogP contribution in [0.1, 0.15) is 19.5 Å². The fourth-order valence-electron chi connectivity index (χ4n) is 1.84. The minimum absolute atomic E-state index is 0.00571. The zero-order valence-corrected chi connectivity index (χ0v) is 11.3. The normalized spacial score (nSPS) is 15.1. The van der Waals surface area contributed by atoms with Crippen molar-refractivity contribution in [3.05, 3.63) is 72.3 Å². The van der Waals surface area contributed by atoms with Gasteiger partial charge in [0.15, 0.2) is 5.58 Å². The van der Waals surface area contributed by atoms with Crippen molar-refractivity contribution in [2.75, 3.05) is 0 Å². The number of fused-ring (bicyclic) bond motifs is 1. The minimum Gasteiger partial charge on any atom is -0.462 e. The zero-order chi connectivity index (χ0) is 19.8. The Labute approximate surface area is 132 Å². The second kappa shape index (κ2) is 5.75. The summed E-state index contributed by atoms with van der Waals surface area (Å²) in [6.07, 6.45) is 2.38. The lowest BCUT2D eigenvalue weighted by atomic mass is 10.2.